The Morgan fingerprint density at radius 2 is 1.83 bits per heavy atom. The Morgan fingerprint density at radius 3 is 2.54 bits per heavy atom. The molecule has 0 spiro atoms. The summed E-state index contributed by atoms with van der Waals surface area (Å²) in [6, 6.07) is 11.5. The molecule has 3 rings (SSSR count). The van der Waals surface area contributed by atoms with E-state index in [0.717, 1.165) is 10.3 Å². The van der Waals surface area contributed by atoms with E-state index in [1.54, 1.807) is 45.0 Å². The molecule has 0 aliphatic carbocycles. The summed E-state index contributed by atoms with van der Waals surface area (Å²) < 4.78 is 33.1. The first kappa shape index (κ1) is 26.5. The summed E-state index contributed by atoms with van der Waals surface area (Å²) in [6.45, 7) is 5.10. The van der Waals surface area contributed by atoms with Gasteiger partial charge in [-0.25, -0.2) is 22.9 Å². The van der Waals surface area contributed by atoms with Crippen molar-refractivity contribution in [2.45, 2.75) is 37.7 Å². The molecular weight excluding hydrogens is 492 g/mol. The summed E-state index contributed by atoms with van der Waals surface area (Å²) in [5.74, 6) is -0.397. The zero-order chi connectivity index (χ0) is 25.6. The number of aromatic nitrogens is 1. The summed E-state index contributed by atoms with van der Waals surface area (Å²) in [7, 11) is -3.73. The first-order chi connectivity index (χ1) is 16.5. The van der Waals surface area contributed by atoms with Crippen LogP contribution in [-0.4, -0.2) is 55.8 Å². The van der Waals surface area contributed by atoms with Crippen molar-refractivity contribution in [2.75, 3.05) is 25.0 Å². The second-order valence-electron chi connectivity index (χ2n) is 8.57. The topological polar surface area (TPSA) is 147 Å². The van der Waals surface area contributed by atoms with Gasteiger partial charge >= 0.3 is 12.0 Å². The smallest absolute Gasteiger partial charge is 0.321 e. The number of nitrogens with zero attached hydrogens (tertiary/aromatic N) is 1. The van der Waals surface area contributed by atoms with E-state index in [-0.39, 0.29) is 31.0 Å². The van der Waals surface area contributed by atoms with Crippen LogP contribution < -0.4 is 15.4 Å². The van der Waals surface area contributed by atoms with Gasteiger partial charge in [-0.05, 0) is 56.2 Å². The fourth-order valence-electron chi connectivity index (χ4n) is 3.08. The molecule has 188 valence electrons. The molecule has 0 atom stereocenters. The molecule has 0 aliphatic heterocycles. The first-order valence-corrected chi connectivity index (χ1v) is 13.1. The molecule has 2 aromatic carbocycles. The number of carbonyl (C=O) groups excluding carboxylic acids is 2. The lowest BCUT2D eigenvalue weighted by Gasteiger charge is -2.19. The van der Waals surface area contributed by atoms with E-state index in [2.05, 4.69) is 20.3 Å². The summed E-state index contributed by atoms with van der Waals surface area (Å²) in [4.78, 5) is 28.4. The fraction of sp³-hybridized carbons (Fsp3) is 0.348. The van der Waals surface area contributed by atoms with Crippen molar-refractivity contribution in [3.8, 4) is 11.1 Å². The quantitative estimate of drug-likeness (QED) is 0.317. The Bertz CT molecular complexity index is 1320. The molecule has 10 nitrogen and oxygen atoms in total. The second-order valence-corrected chi connectivity index (χ2v) is 11.4. The van der Waals surface area contributed by atoms with Gasteiger partial charge in [-0.1, -0.05) is 29.5 Å². The number of aliphatic hydroxyl groups is 1. The number of amides is 2. The van der Waals surface area contributed by atoms with E-state index >= 15 is 0 Å². The highest BCUT2D eigenvalue weighted by Gasteiger charge is 2.17. The van der Waals surface area contributed by atoms with Crippen molar-refractivity contribution in [1.82, 2.24) is 15.0 Å². The molecule has 1 aromatic heterocycles. The summed E-state index contributed by atoms with van der Waals surface area (Å²) >= 11 is 1.27. The standard InChI is InChI=1S/C23H28N4O6S2/c1-23(2,3)33-20(29)9-10-24-21(30)27-22-26-18-8-7-16(14-19(18)34-22)15-5-4-6-17(13-15)35(31,32)25-11-12-28/h4-8,13-14,25,28H,9-12H2,1-3H3,(H2,24,26,27,30). The average molecular weight is 521 g/mol. The predicted molar refractivity (Wildman–Crippen MR) is 135 cm³/mol. The normalized spacial score (nSPS) is 11.9. The van der Waals surface area contributed by atoms with Crippen molar-refractivity contribution < 1.29 is 27.9 Å². The van der Waals surface area contributed by atoms with Crippen LogP contribution in [0.4, 0.5) is 9.93 Å². The molecule has 12 heteroatoms. The van der Waals surface area contributed by atoms with E-state index in [1.165, 1.54) is 17.4 Å². The van der Waals surface area contributed by atoms with Crippen molar-refractivity contribution >= 4 is 48.7 Å². The minimum Gasteiger partial charge on any atom is -0.460 e. The molecule has 0 bridgehead atoms. The Kier molecular flexibility index (Phi) is 8.43. The molecule has 1 heterocycles. The highest BCUT2D eigenvalue weighted by atomic mass is 32.2. The molecule has 0 radical (unpaired) electrons. The largest absolute Gasteiger partial charge is 0.460 e. The number of benzene rings is 2. The Morgan fingerprint density at radius 1 is 1.09 bits per heavy atom. The third kappa shape index (κ3) is 7.72. The zero-order valence-electron chi connectivity index (χ0n) is 19.6. The molecule has 3 aromatic rings. The van der Waals surface area contributed by atoms with Gasteiger partial charge in [0, 0.05) is 13.1 Å². The molecule has 0 unspecified atom stereocenters. The fourth-order valence-corrected chi connectivity index (χ4v) is 5.04. The number of rotatable bonds is 9. The van der Waals surface area contributed by atoms with Crippen molar-refractivity contribution in [3.63, 3.8) is 0 Å². The number of thiazole rings is 1. The number of esters is 1. The molecule has 0 saturated carbocycles. The van der Waals surface area contributed by atoms with Gasteiger partial charge in [-0.2, -0.15) is 0 Å². The number of anilines is 1. The van der Waals surface area contributed by atoms with E-state index in [1.807, 2.05) is 12.1 Å². The molecule has 0 aliphatic rings. The van der Waals surface area contributed by atoms with Crippen LogP contribution in [0.25, 0.3) is 21.3 Å². The molecule has 2 amide bonds. The summed E-state index contributed by atoms with van der Waals surface area (Å²) in [5.41, 5.74) is 1.58. The van der Waals surface area contributed by atoms with Crippen LogP contribution in [0.5, 0.6) is 0 Å². The van der Waals surface area contributed by atoms with Crippen LogP contribution in [0.15, 0.2) is 47.4 Å². The summed E-state index contributed by atoms with van der Waals surface area (Å²) in [6.07, 6.45) is 0.0538. The van der Waals surface area contributed by atoms with Gasteiger partial charge in [0.25, 0.3) is 0 Å². The highest BCUT2D eigenvalue weighted by Crippen LogP contribution is 2.31. The molecule has 4 N–H and O–H groups in total. The summed E-state index contributed by atoms with van der Waals surface area (Å²) in [5, 5.41) is 14.5. The number of aliphatic hydroxyl groups excluding tert-OH is 1. The third-order valence-electron chi connectivity index (χ3n) is 4.53. The number of sulfonamides is 1. The molecule has 0 fully saturated rings. The number of urea groups is 1. The monoisotopic (exact) mass is 520 g/mol. The lowest BCUT2D eigenvalue weighted by molar-refractivity contribution is -0.154. The minimum absolute atomic E-state index is 0.0538. The van der Waals surface area contributed by atoms with Gasteiger partial charge in [0.15, 0.2) is 5.13 Å². The Hall–Kier alpha value is -3.06. The van der Waals surface area contributed by atoms with Crippen LogP contribution in [0, 0.1) is 0 Å². The van der Waals surface area contributed by atoms with E-state index in [4.69, 9.17) is 9.84 Å². The van der Waals surface area contributed by atoms with Crippen LogP contribution in [0.3, 0.4) is 0 Å². The maximum absolute atomic E-state index is 12.4. The van der Waals surface area contributed by atoms with Crippen LogP contribution >= 0.6 is 11.3 Å². The van der Waals surface area contributed by atoms with Crippen LogP contribution in [0.2, 0.25) is 0 Å². The van der Waals surface area contributed by atoms with E-state index in [9.17, 15) is 18.0 Å². The van der Waals surface area contributed by atoms with Crippen molar-refractivity contribution in [2.24, 2.45) is 0 Å². The third-order valence-corrected chi connectivity index (χ3v) is 6.92. The number of hydrogen-bond acceptors (Lipinski definition) is 8. The number of fused-ring (bicyclic) bond motifs is 1. The van der Waals surface area contributed by atoms with Gasteiger partial charge in [-0.15, -0.1) is 0 Å². The predicted octanol–water partition coefficient (Wildman–Crippen LogP) is 3.09. The SMILES string of the molecule is CC(C)(C)OC(=O)CCNC(=O)Nc1nc2ccc(-c3cccc(S(=O)(=O)NCCO)c3)cc2s1. The van der Waals surface area contributed by atoms with Gasteiger partial charge in [0.05, 0.1) is 28.1 Å². The Balaban J connectivity index is 1.66. The van der Waals surface area contributed by atoms with E-state index < -0.39 is 27.6 Å². The maximum Gasteiger partial charge on any atom is 0.321 e. The maximum atomic E-state index is 12.4. The molecular formula is C23H28N4O6S2. The van der Waals surface area contributed by atoms with E-state index in [0.29, 0.717) is 16.2 Å². The van der Waals surface area contributed by atoms with Gasteiger partial charge in [0.2, 0.25) is 10.0 Å². The number of carbonyl (C=O) groups is 2. The van der Waals surface area contributed by atoms with Crippen molar-refractivity contribution in [3.05, 3.63) is 42.5 Å². The van der Waals surface area contributed by atoms with Crippen LogP contribution in [0.1, 0.15) is 27.2 Å². The van der Waals surface area contributed by atoms with Crippen molar-refractivity contribution in [1.29, 1.82) is 0 Å². The minimum atomic E-state index is -3.73. The van der Waals surface area contributed by atoms with Gasteiger partial charge in [-0.3, -0.25) is 10.1 Å². The van der Waals surface area contributed by atoms with Gasteiger partial charge in [0.1, 0.15) is 5.60 Å². The zero-order valence-corrected chi connectivity index (χ0v) is 21.3. The number of nitrogens with one attached hydrogen (secondary N) is 3. The second kappa shape index (κ2) is 11.1. The highest BCUT2D eigenvalue weighted by molar-refractivity contribution is 7.89. The van der Waals surface area contributed by atoms with Gasteiger partial charge < -0.3 is 15.2 Å². The number of ether oxygens (including phenoxy) is 1. The molecule has 0 saturated heterocycles. The average Bonchev–Trinajstić information content (AvgIpc) is 3.18. The lowest BCUT2D eigenvalue weighted by atomic mass is 10.1. The first-order valence-electron chi connectivity index (χ1n) is 10.8. The molecule has 35 heavy (non-hydrogen) atoms. The number of hydrogen-bond donors (Lipinski definition) is 4. The lowest BCUT2D eigenvalue weighted by Crippen LogP contribution is -2.32. The van der Waals surface area contributed by atoms with Crippen LogP contribution in [-0.2, 0) is 19.6 Å². The Labute approximate surface area is 207 Å².